The van der Waals surface area contributed by atoms with Crippen molar-refractivity contribution in [3.05, 3.63) is 52.5 Å². The molecule has 0 bridgehead atoms. The summed E-state index contributed by atoms with van der Waals surface area (Å²) in [6.45, 7) is 4.41. The summed E-state index contributed by atoms with van der Waals surface area (Å²) < 4.78 is 6.50. The topological polar surface area (TPSA) is 79.5 Å². The third-order valence-electron chi connectivity index (χ3n) is 3.92. The molecule has 0 aliphatic heterocycles. The Morgan fingerprint density at radius 1 is 1.03 bits per heavy atom. The molecule has 0 aliphatic rings. The molecule has 0 unspecified atom stereocenters. The number of halogens is 1. The molecular weight excluding hydrogens is 454 g/mol. The van der Waals surface area contributed by atoms with E-state index in [4.69, 9.17) is 17.0 Å². The molecule has 0 fully saturated rings. The van der Waals surface area contributed by atoms with Gasteiger partial charge < -0.3 is 15.4 Å². The molecule has 0 saturated heterocycles. The smallest absolute Gasteiger partial charge is 0.261 e. The Morgan fingerprint density at radius 2 is 1.69 bits per heavy atom. The highest BCUT2D eigenvalue weighted by atomic mass is 79.9. The van der Waals surface area contributed by atoms with E-state index >= 15 is 0 Å². The molecule has 0 radical (unpaired) electrons. The lowest BCUT2D eigenvalue weighted by atomic mass is 10.2. The van der Waals surface area contributed by atoms with E-state index in [2.05, 4.69) is 38.8 Å². The average molecular weight is 478 g/mol. The van der Waals surface area contributed by atoms with Crippen LogP contribution < -0.4 is 20.7 Å². The van der Waals surface area contributed by atoms with Gasteiger partial charge in [0.2, 0.25) is 5.91 Å². The highest BCUT2D eigenvalue weighted by Gasteiger charge is 2.15. The van der Waals surface area contributed by atoms with Crippen LogP contribution in [0, 0.1) is 0 Å². The molecule has 0 aromatic heterocycles. The summed E-state index contributed by atoms with van der Waals surface area (Å²) in [7, 11) is 0. The zero-order valence-electron chi connectivity index (χ0n) is 16.4. The van der Waals surface area contributed by atoms with Crippen LogP contribution in [0.3, 0.4) is 0 Å². The van der Waals surface area contributed by atoms with Crippen molar-refractivity contribution in [2.24, 2.45) is 0 Å². The van der Waals surface area contributed by atoms with Crippen LogP contribution in [0.2, 0.25) is 0 Å². The molecule has 3 N–H and O–H groups in total. The minimum absolute atomic E-state index is 0.0560. The third kappa shape index (κ3) is 7.47. The van der Waals surface area contributed by atoms with Crippen LogP contribution in [0.15, 0.2) is 46.9 Å². The Balaban J connectivity index is 1.99. The third-order valence-corrected chi connectivity index (χ3v) is 4.61. The fourth-order valence-corrected chi connectivity index (χ4v) is 2.92. The maximum absolute atomic E-state index is 12.7. The van der Waals surface area contributed by atoms with Gasteiger partial charge in [-0.25, -0.2) is 0 Å². The van der Waals surface area contributed by atoms with Gasteiger partial charge in [-0.3, -0.25) is 14.9 Å². The van der Waals surface area contributed by atoms with E-state index in [0.717, 1.165) is 17.3 Å². The number of rotatable bonds is 8. The summed E-state index contributed by atoms with van der Waals surface area (Å²) in [6.07, 6.45) is 2.33. The van der Waals surface area contributed by atoms with Gasteiger partial charge in [-0.15, -0.1) is 0 Å². The van der Waals surface area contributed by atoms with E-state index in [1.54, 1.807) is 43.3 Å². The van der Waals surface area contributed by atoms with Crippen molar-refractivity contribution in [3.8, 4) is 5.75 Å². The monoisotopic (exact) mass is 477 g/mol. The van der Waals surface area contributed by atoms with Gasteiger partial charge in [-0.2, -0.15) is 0 Å². The Bertz CT molecular complexity index is 872. The van der Waals surface area contributed by atoms with Crippen molar-refractivity contribution < 1.29 is 14.3 Å². The largest absolute Gasteiger partial charge is 0.493 e. The second-order valence-corrected chi connectivity index (χ2v) is 7.55. The predicted octanol–water partition coefficient (Wildman–Crippen LogP) is 5.10. The quantitative estimate of drug-likeness (QED) is 0.363. The van der Waals surface area contributed by atoms with Crippen molar-refractivity contribution in [2.45, 2.75) is 33.1 Å². The van der Waals surface area contributed by atoms with Crippen molar-refractivity contribution in [2.75, 3.05) is 17.2 Å². The van der Waals surface area contributed by atoms with Crippen LogP contribution in [0.25, 0.3) is 0 Å². The van der Waals surface area contributed by atoms with Crippen molar-refractivity contribution in [1.82, 2.24) is 5.32 Å². The van der Waals surface area contributed by atoms with Gasteiger partial charge in [0.15, 0.2) is 5.11 Å². The van der Waals surface area contributed by atoms with Crippen LogP contribution in [0.1, 0.15) is 43.5 Å². The second kappa shape index (κ2) is 11.5. The van der Waals surface area contributed by atoms with Crippen molar-refractivity contribution in [1.29, 1.82) is 0 Å². The van der Waals surface area contributed by atoms with E-state index in [1.165, 1.54) is 0 Å². The van der Waals surface area contributed by atoms with Gasteiger partial charge in [-0.05, 0) is 61.1 Å². The van der Waals surface area contributed by atoms with Crippen LogP contribution in [0.5, 0.6) is 5.75 Å². The minimum Gasteiger partial charge on any atom is -0.493 e. The average Bonchev–Trinajstić information content (AvgIpc) is 2.70. The number of carbonyl (C=O) groups excluding carboxylic acids is 2. The predicted molar refractivity (Wildman–Crippen MR) is 124 cm³/mol. The lowest BCUT2D eigenvalue weighted by Gasteiger charge is -2.14. The molecule has 2 rings (SSSR count). The summed E-state index contributed by atoms with van der Waals surface area (Å²) in [6, 6.07) is 12.3. The van der Waals surface area contributed by atoms with Crippen LogP contribution in [0.4, 0.5) is 11.4 Å². The molecule has 2 aromatic carbocycles. The minimum atomic E-state index is -0.359. The van der Waals surface area contributed by atoms with E-state index in [0.29, 0.717) is 35.7 Å². The summed E-state index contributed by atoms with van der Waals surface area (Å²) in [5.74, 6) is 0.0968. The van der Waals surface area contributed by atoms with E-state index in [1.807, 2.05) is 6.07 Å². The zero-order valence-corrected chi connectivity index (χ0v) is 18.8. The number of ether oxygens (including phenoxy) is 1. The Morgan fingerprint density at radius 3 is 2.31 bits per heavy atom. The molecule has 2 aromatic rings. The van der Waals surface area contributed by atoms with Crippen LogP contribution >= 0.6 is 28.1 Å². The number of hydrogen-bond acceptors (Lipinski definition) is 4. The number of carbonyl (C=O) groups is 2. The molecule has 0 saturated carbocycles. The maximum Gasteiger partial charge on any atom is 0.261 e. The molecule has 0 spiro atoms. The van der Waals surface area contributed by atoms with Gasteiger partial charge in [-0.1, -0.05) is 36.2 Å². The lowest BCUT2D eigenvalue weighted by Crippen LogP contribution is -2.34. The Kier molecular flexibility index (Phi) is 9.08. The summed E-state index contributed by atoms with van der Waals surface area (Å²) in [5, 5.41) is 8.56. The van der Waals surface area contributed by atoms with Crippen LogP contribution in [-0.2, 0) is 4.79 Å². The molecule has 2 amide bonds. The summed E-state index contributed by atoms with van der Waals surface area (Å²) in [4.78, 5) is 24.1. The van der Waals surface area contributed by atoms with Gasteiger partial charge in [0.1, 0.15) is 5.75 Å². The van der Waals surface area contributed by atoms with Gasteiger partial charge in [0.25, 0.3) is 5.91 Å². The van der Waals surface area contributed by atoms with Crippen LogP contribution in [-0.4, -0.2) is 23.5 Å². The van der Waals surface area contributed by atoms with E-state index in [9.17, 15) is 9.59 Å². The molecule has 154 valence electrons. The molecule has 6 nitrogen and oxygen atoms in total. The molecule has 0 heterocycles. The molecular formula is C21H24BrN3O3S. The van der Waals surface area contributed by atoms with Gasteiger partial charge >= 0.3 is 0 Å². The highest BCUT2D eigenvalue weighted by Crippen LogP contribution is 2.23. The summed E-state index contributed by atoms with van der Waals surface area (Å²) in [5.41, 5.74) is 1.79. The number of hydrogen-bond donors (Lipinski definition) is 3. The second-order valence-electron chi connectivity index (χ2n) is 6.23. The van der Waals surface area contributed by atoms with Gasteiger partial charge in [0.05, 0.1) is 12.2 Å². The van der Waals surface area contributed by atoms with E-state index in [-0.39, 0.29) is 16.9 Å². The number of amides is 2. The molecule has 0 aliphatic carbocycles. The normalized spacial score (nSPS) is 10.2. The summed E-state index contributed by atoms with van der Waals surface area (Å²) >= 11 is 8.63. The van der Waals surface area contributed by atoms with Crippen molar-refractivity contribution in [3.63, 3.8) is 0 Å². The number of unbranched alkanes of at least 4 members (excludes halogenated alkanes) is 1. The number of anilines is 2. The first-order valence-corrected chi connectivity index (χ1v) is 10.6. The number of nitrogens with one attached hydrogen (secondary N) is 3. The lowest BCUT2D eigenvalue weighted by molar-refractivity contribution is -0.115. The first kappa shape index (κ1) is 22.8. The number of thiocarbonyl (C=S) groups is 1. The Hall–Kier alpha value is -2.45. The number of benzene rings is 2. The first-order valence-electron chi connectivity index (χ1n) is 9.37. The van der Waals surface area contributed by atoms with Gasteiger partial charge in [0, 0.05) is 22.3 Å². The standard InChI is InChI=1S/C21H24BrN3O3S/c1-3-5-12-28-18-11-6-14(22)13-17(18)20(27)25-21(29)24-16-9-7-15(8-10-16)23-19(26)4-2/h6-11,13H,3-5,12H2,1-2H3,(H,23,26)(H2,24,25,27,29). The molecule has 8 heteroatoms. The fourth-order valence-electron chi connectivity index (χ4n) is 2.35. The Labute approximate surface area is 184 Å². The molecule has 0 atom stereocenters. The highest BCUT2D eigenvalue weighted by molar-refractivity contribution is 9.10. The van der Waals surface area contributed by atoms with Crippen molar-refractivity contribution >= 4 is 56.4 Å². The first-order chi connectivity index (χ1) is 13.9. The van der Waals surface area contributed by atoms with E-state index < -0.39 is 0 Å². The zero-order chi connectivity index (χ0) is 21.2. The SMILES string of the molecule is CCCCOc1ccc(Br)cc1C(=O)NC(=S)Nc1ccc(NC(=O)CC)cc1. The molecule has 29 heavy (non-hydrogen) atoms. The fraction of sp³-hybridized carbons (Fsp3) is 0.286. The maximum atomic E-state index is 12.7.